The van der Waals surface area contributed by atoms with Crippen LogP contribution in [0.5, 0.6) is 0 Å². The lowest BCUT2D eigenvalue weighted by Crippen LogP contribution is -2.12. The summed E-state index contributed by atoms with van der Waals surface area (Å²) in [6.45, 7) is 2.90. The van der Waals surface area contributed by atoms with E-state index in [-0.39, 0.29) is 5.91 Å². The molecule has 0 saturated carbocycles. The van der Waals surface area contributed by atoms with Crippen LogP contribution in [0, 0.1) is 6.92 Å². The quantitative estimate of drug-likeness (QED) is 0.798. The molecule has 0 aliphatic heterocycles. The van der Waals surface area contributed by atoms with E-state index in [2.05, 4.69) is 15.5 Å². The Balaban J connectivity index is 2.03. The fraction of sp³-hybridized carbons (Fsp3) is 0.300. The molecule has 0 aliphatic rings. The van der Waals surface area contributed by atoms with Crippen LogP contribution >= 0.6 is 0 Å². The first-order valence-corrected chi connectivity index (χ1v) is 5.15. The first-order chi connectivity index (χ1) is 8.19. The third-order valence-corrected chi connectivity index (χ3v) is 2.12. The molecule has 2 aromatic heterocycles. The summed E-state index contributed by atoms with van der Waals surface area (Å²) >= 11 is 0. The number of imidazole rings is 1. The number of carbonyl (C=O) groups is 1. The molecule has 0 radical (unpaired) electrons. The van der Waals surface area contributed by atoms with Crippen molar-refractivity contribution in [2.45, 2.75) is 13.5 Å². The second-order valence-corrected chi connectivity index (χ2v) is 3.57. The number of nitrogens with zero attached hydrogens (tertiary/aromatic N) is 3. The van der Waals surface area contributed by atoms with E-state index in [1.54, 1.807) is 30.1 Å². The predicted octanol–water partition coefficient (Wildman–Crippen LogP) is 0.391. The van der Waals surface area contributed by atoms with E-state index >= 15 is 0 Å². The number of hydrogen-bond donors (Lipinski definition) is 2. The molecule has 2 rings (SSSR count). The Morgan fingerprint density at radius 2 is 2.47 bits per heavy atom. The van der Waals surface area contributed by atoms with Gasteiger partial charge in [0.2, 0.25) is 5.88 Å². The van der Waals surface area contributed by atoms with Crippen molar-refractivity contribution in [1.29, 1.82) is 0 Å². The molecule has 0 atom stereocenters. The van der Waals surface area contributed by atoms with Gasteiger partial charge in [-0.1, -0.05) is 5.16 Å². The molecule has 17 heavy (non-hydrogen) atoms. The highest BCUT2D eigenvalue weighted by atomic mass is 16.5. The van der Waals surface area contributed by atoms with E-state index in [0.717, 1.165) is 0 Å². The second kappa shape index (κ2) is 4.79. The first kappa shape index (κ1) is 11.3. The van der Waals surface area contributed by atoms with Crippen molar-refractivity contribution in [2.24, 2.45) is 5.73 Å². The molecule has 0 spiro atoms. The van der Waals surface area contributed by atoms with Gasteiger partial charge in [0.25, 0.3) is 5.91 Å². The summed E-state index contributed by atoms with van der Waals surface area (Å²) in [6, 6.07) is 1.63. The third kappa shape index (κ3) is 2.70. The van der Waals surface area contributed by atoms with Gasteiger partial charge < -0.3 is 14.8 Å². The lowest BCUT2D eigenvalue weighted by atomic mass is 10.4. The van der Waals surface area contributed by atoms with Crippen LogP contribution in [0.15, 0.2) is 23.1 Å². The van der Waals surface area contributed by atoms with Crippen LogP contribution in [-0.4, -0.2) is 27.2 Å². The first-order valence-electron chi connectivity index (χ1n) is 5.15. The van der Waals surface area contributed by atoms with E-state index < -0.39 is 0 Å². The van der Waals surface area contributed by atoms with Gasteiger partial charge in [-0.25, -0.2) is 4.98 Å². The highest BCUT2D eigenvalue weighted by Crippen LogP contribution is 2.09. The predicted molar refractivity (Wildman–Crippen MR) is 60.5 cm³/mol. The van der Waals surface area contributed by atoms with Crippen LogP contribution in [-0.2, 0) is 6.54 Å². The normalized spacial score (nSPS) is 10.5. The van der Waals surface area contributed by atoms with Crippen molar-refractivity contribution in [1.82, 2.24) is 14.7 Å². The van der Waals surface area contributed by atoms with Gasteiger partial charge in [-0.2, -0.15) is 0 Å². The molecule has 1 amide bonds. The van der Waals surface area contributed by atoms with E-state index in [1.165, 1.54) is 0 Å². The summed E-state index contributed by atoms with van der Waals surface area (Å²) < 4.78 is 6.62. The Kier molecular flexibility index (Phi) is 3.20. The molecule has 2 heterocycles. The van der Waals surface area contributed by atoms with Gasteiger partial charge in [-0.3, -0.25) is 10.1 Å². The zero-order valence-electron chi connectivity index (χ0n) is 9.38. The number of aromatic nitrogens is 3. The number of nitrogens with two attached hydrogens (primary N) is 1. The maximum Gasteiger partial charge on any atom is 0.278 e. The molecule has 0 fully saturated rings. The van der Waals surface area contributed by atoms with E-state index in [1.807, 2.05) is 0 Å². The molecule has 0 bridgehead atoms. The largest absolute Gasteiger partial charge is 0.338 e. The number of hydrogen-bond acceptors (Lipinski definition) is 5. The Labute approximate surface area is 97.6 Å². The Morgan fingerprint density at radius 3 is 3.12 bits per heavy atom. The Morgan fingerprint density at radius 1 is 1.65 bits per heavy atom. The maximum atomic E-state index is 11.7. The number of nitrogens with one attached hydrogen (secondary N) is 1. The molecule has 2 aromatic rings. The lowest BCUT2D eigenvalue weighted by Gasteiger charge is -1.97. The Bertz CT molecular complexity index is 516. The molecule has 0 aromatic carbocycles. The van der Waals surface area contributed by atoms with Crippen molar-refractivity contribution in [3.63, 3.8) is 0 Å². The lowest BCUT2D eigenvalue weighted by molar-refractivity contribution is 0.101. The average Bonchev–Trinajstić information content (AvgIpc) is 2.88. The van der Waals surface area contributed by atoms with Crippen molar-refractivity contribution in [3.8, 4) is 0 Å². The van der Waals surface area contributed by atoms with Crippen molar-refractivity contribution < 1.29 is 9.32 Å². The molecule has 0 unspecified atom stereocenters. The Hall–Kier alpha value is -2.15. The van der Waals surface area contributed by atoms with Crippen molar-refractivity contribution in [2.75, 3.05) is 11.9 Å². The van der Waals surface area contributed by atoms with E-state index in [9.17, 15) is 4.79 Å². The topological polar surface area (TPSA) is 99.0 Å². The maximum absolute atomic E-state index is 11.7. The fourth-order valence-electron chi connectivity index (χ4n) is 1.35. The van der Waals surface area contributed by atoms with Crippen LogP contribution in [0.4, 0.5) is 5.88 Å². The summed E-state index contributed by atoms with van der Waals surface area (Å²) in [7, 11) is 0. The average molecular weight is 235 g/mol. The molecular weight excluding hydrogens is 222 g/mol. The third-order valence-electron chi connectivity index (χ3n) is 2.12. The molecule has 7 nitrogen and oxygen atoms in total. The van der Waals surface area contributed by atoms with Crippen LogP contribution < -0.4 is 11.1 Å². The molecule has 0 aliphatic carbocycles. The van der Waals surface area contributed by atoms with E-state index in [4.69, 9.17) is 10.3 Å². The van der Waals surface area contributed by atoms with Crippen molar-refractivity contribution >= 4 is 11.8 Å². The SMILES string of the molecule is Cc1cc(NC(=O)c2cn(CCN)cn2)on1. The zero-order chi connectivity index (χ0) is 12.3. The van der Waals surface area contributed by atoms with Crippen LogP contribution in [0.25, 0.3) is 0 Å². The summed E-state index contributed by atoms with van der Waals surface area (Å²) in [6.07, 6.45) is 3.19. The minimum absolute atomic E-state index is 0.306. The fourth-order valence-corrected chi connectivity index (χ4v) is 1.35. The highest BCUT2D eigenvalue weighted by molar-refractivity contribution is 6.01. The minimum atomic E-state index is -0.336. The summed E-state index contributed by atoms with van der Waals surface area (Å²) in [5.41, 5.74) is 6.42. The van der Waals surface area contributed by atoms with Gasteiger partial charge in [-0.05, 0) is 6.92 Å². The number of aryl methyl sites for hydroxylation is 1. The van der Waals surface area contributed by atoms with Gasteiger partial charge in [-0.15, -0.1) is 0 Å². The number of amides is 1. The van der Waals surface area contributed by atoms with Gasteiger partial charge >= 0.3 is 0 Å². The monoisotopic (exact) mass is 235 g/mol. The van der Waals surface area contributed by atoms with Gasteiger partial charge in [0.05, 0.1) is 12.0 Å². The van der Waals surface area contributed by atoms with Crippen LogP contribution in [0.3, 0.4) is 0 Å². The zero-order valence-corrected chi connectivity index (χ0v) is 9.38. The smallest absolute Gasteiger partial charge is 0.278 e. The van der Waals surface area contributed by atoms with Gasteiger partial charge in [0.1, 0.15) is 5.69 Å². The van der Waals surface area contributed by atoms with Gasteiger partial charge in [0, 0.05) is 25.4 Å². The van der Waals surface area contributed by atoms with Gasteiger partial charge in [0.15, 0.2) is 0 Å². The molecule has 3 N–H and O–H groups in total. The number of anilines is 1. The summed E-state index contributed by atoms with van der Waals surface area (Å²) in [5, 5.41) is 6.23. The van der Waals surface area contributed by atoms with Crippen LogP contribution in [0.1, 0.15) is 16.2 Å². The molecular formula is C10H13N5O2. The highest BCUT2D eigenvalue weighted by Gasteiger charge is 2.11. The van der Waals surface area contributed by atoms with Crippen molar-refractivity contribution in [3.05, 3.63) is 30.0 Å². The van der Waals surface area contributed by atoms with Crippen LogP contribution in [0.2, 0.25) is 0 Å². The molecule has 7 heteroatoms. The number of carbonyl (C=O) groups excluding carboxylic acids is 1. The minimum Gasteiger partial charge on any atom is -0.338 e. The molecule has 90 valence electrons. The summed E-state index contributed by atoms with van der Waals surface area (Å²) in [4.78, 5) is 15.7. The van der Waals surface area contributed by atoms with E-state index in [0.29, 0.717) is 30.4 Å². The standard InChI is InChI=1S/C10H13N5O2/c1-7-4-9(17-14-7)13-10(16)8-5-15(3-2-11)6-12-8/h4-6H,2-3,11H2,1H3,(H,13,16). The summed E-state index contributed by atoms with van der Waals surface area (Å²) in [5.74, 6) is -0.0298. The number of rotatable bonds is 4. The molecule has 0 saturated heterocycles. The second-order valence-electron chi connectivity index (χ2n) is 3.57.